The molecule has 4 heteroatoms. The van der Waals surface area contributed by atoms with Crippen LogP contribution >= 0.6 is 0 Å². The van der Waals surface area contributed by atoms with Crippen LogP contribution in [-0.4, -0.2) is 28.6 Å². The lowest BCUT2D eigenvalue weighted by molar-refractivity contribution is -0.0229. The Balaban J connectivity index is 2.49. The zero-order valence-electron chi connectivity index (χ0n) is 10.5. The zero-order chi connectivity index (χ0) is 12.8. The van der Waals surface area contributed by atoms with E-state index in [1.165, 1.54) is 4.90 Å². The van der Waals surface area contributed by atoms with E-state index in [-0.39, 0.29) is 5.91 Å². The summed E-state index contributed by atoms with van der Waals surface area (Å²) in [5.74, 6) is 0.508. The second-order valence-electron chi connectivity index (χ2n) is 5.17. The van der Waals surface area contributed by atoms with E-state index in [0.717, 1.165) is 0 Å². The third kappa shape index (κ3) is 1.78. The Kier molecular flexibility index (Phi) is 2.62. The molecule has 2 rings (SSSR count). The van der Waals surface area contributed by atoms with Crippen molar-refractivity contribution in [1.82, 2.24) is 4.90 Å². The van der Waals surface area contributed by atoms with Gasteiger partial charge in [0.05, 0.1) is 7.11 Å². The van der Waals surface area contributed by atoms with Gasteiger partial charge < -0.3 is 14.7 Å². The molecule has 1 N–H and O–H groups in total. The summed E-state index contributed by atoms with van der Waals surface area (Å²) in [6, 6.07) is 5.14. The molecule has 1 amide bonds. The maximum Gasteiger partial charge on any atom is 0.257 e. The molecule has 0 spiro atoms. The van der Waals surface area contributed by atoms with E-state index >= 15 is 0 Å². The Morgan fingerprint density at radius 2 is 2.00 bits per heavy atom. The number of rotatable bonds is 1. The second-order valence-corrected chi connectivity index (χ2v) is 5.17. The van der Waals surface area contributed by atoms with Crippen LogP contribution in [0.25, 0.3) is 0 Å². The summed E-state index contributed by atoms with van der Waals surface area (Å²) in [5.41, 5.74) is 0.750. The molecule has 1 aliphatic heterocycles. The van der Waals surface area contributed by atoms with Gasteiger partial charge in [0, 0.05) is 16.7 Å². The topological polar surface area (TPSA) is 49.8 Å². The molecule has 1 aromatic rings. The first-order chi connectivity index (χ1) is 7.86. The van der Waals surface area contributed by atoms with Crippen molar-refractivity contribution in [2.24, 2.45) is 0 Å². The number of fused-ring (bicyclic) bond motifs is 1. The number of hydrogen-bond donors (Lipinski definition) is 1. The summed E-state index contributed by atoms with van der Waals surface area (Å²) in [4.78, 5) is 13.7. The number of methoxy groups -OCH3 is 1. The van der Waals surface area contributed by atoms with E-state index in [9.17, 15) is 9.90 Å². The van der Waals surface area contributed by atoms with Crippen LogP contribution in [0.2, 0.25) is 0 Å². The Morgan fingerprint density at radius 1 is 1.35 bits per heavy atom. The number of aliphatic hydroxyl groups is 1. The first kappa shape index (κ1) is 11.9. The number of hydrogen-bond acceptors (Lipinski definition) is 3. The number of carbonyl (C=O) groups excluding carboxylic acids is 1. The molecule has 17 heavy (non-hydrogen) atoms. The van der Waals surface area contributed by atoms with Gasteiger partial charge in [0.25, 0.3) is 5.91 Å². The van der Waals surface area contributed by atoms with Gasteiger partial charge >= 0.3 is 0 Å². The van der Waals surface area contributed by atoms with Gasteiger partial charge in [-0.2, -0.15) is 0 Å². The highest BCUT2D eigenvalue weighted by molar-refractivity contribution is 5.99. The molecular formula is C13H17NO3. The van der Waals surface area contributed by atoms with Gasteiger partial charge in [-0.15, -0.1) is 0 Å². The molecule has 0 aliphatic carbocycles. The first-order valence-corrected chi connectivity index (χ1v) is 5.56. The van der Waals surface area contributed by atoms with Crippen LogP contribution in [0.15, 0.2) is 18.2 Å². The average Bonchev–Trinajstić information content (AvgIpc) is 2.50. The number of benzene rings is 1. The van der Waals surface area contributed by atoms with Gasteiger partial charge in [-0.1, -0.05) is 0 Å². The van der Waals surface area contributed by atoms with E-state index in [0.29, 0.717) is 16.9 Å². The Bertz CT molecular complexity index is 462. The molecule has 0 fully saturated rings. The van der Waals surface area contributed by atoms with Crippen LogP contribution in [0, 0.1) is 0 Å². The van der Waals surface area contributed by atoms with Crippen LogP contribution in [0.4, 0.5) is 0 Å². The number of amides is 1. The minimum atomic E-state index is -0.896. The number of ether oxygens (including phenoxy) is 1. The SMILES string of the molecule is COc1ccc2c(c1)C(O)N(C(C)(C)C)C2=O. The number of carbonyl (C=O) groups is 1. The van der Waals surface area contributed by atoms with Gasteiger partial charge in [-0.05, 0) is 39.0 Å². The van der Waals surface area contributed by atoms with Gasteiger partial charge in [-0.25, -0.2) is 0 Å². The van der Waals surface area contributed by atoms with E-state index < -0.39 is 11.8 Å². The smallest absolute Gasteiger partial charge is 0.257 e. The predicted octanol–water partition coefficient (Wildman–Crippen LogP) is 1.94. The van der Waals surface area contributed by atoms with Crippen LogP contribution < -0.4 is 4.74 Å². The van der Waals surface area contributed by atoms with Crippen molar-refractivity contribution < 1.29 is 14.6 Å². The van der Waals surface area contributed by atoms with Crippen molar-refractivity contribution in [3.63, 3.8) is 0 Å². The summed E-state index contributed by atoms with van der Waals surface area (Å²) in [5, 5.41) is 10.2. The highest BCUT2D eigenvalue weighted by atomic mass is 16.5. The molecular weight excluding hydrogens is 218 g/mol. The lowest BCUT2D eigenvalue weighted by atomic mass is 10.1. The fourth-order valence-corrected chi connectivity index (χ4v) is 2.13. The van der Waals surface area contributed by atoms with E-state index in [2.05, 4.69) is 0 Å². The Morgan fingerprint density at radius 3 is 2.53 bits per heavy atom. The molecule has 1 heterocycles. The van der Waals surface area contributed by atoms with Crippen LogP contribution in [0.1, 0.15) is 42.9 Å². The number of nitrogens with zero attached hydrogens (tertiary/aromatic N) is 1. The largest absolute Gasteiger partial charge is 0.497 e. The minimum Gasteiger partial charge on any atom is -0.497 e. The molecule has 0 aromatic heterocycles. The molecule has 92 valence electrons. The Labute approximate surface area is 101 Å². The summed E-state index contributed by atoms with van der Waals surface area (Å²) in [6.07, 6.45) is -0.896. The molecule has 1 aromatic carbocycles. The van der Waals surface area contributed by atoms with Crippen LogP contribution in [-0.2, 0) is 0 Å². The molecule has 1 unspecified atom stereocenters. The maximum atomic E-state index is 12.2. The molecule has 0 bridgehead atoms. The van der Waals surface area contributed by atoms with Crippen molar-refractivity contribution in [2.75, 3.05) is 7.11 Å². The van der Waals surface area contributed by atoms with Crippen molar-refractivity contribution in [2.45, 2.75) is 32.5 Å². The zero-order valence-corrected chi connectivity index (χ0v) is 10.5. The van der Waals surface area contributed by atoms with Gasteiger partial charge in [0.1, 0.15) is 5.75 Å². The first-order valence-electron chi connectivity index (χ1n) is 5.56. The highest BCUT2D eigenvalue weighted by Gasteiger charge is 2.41. The monoisotopic (exact) mass is 235 g/mol. The minimum absolute atomic E-state index is 0.136. The van der Waals surface area contributed by atoms with Gasteiger partial charge in [0.2, 0.25) is 0 Å². The van der Waals surface area contributed by atoms with Crippen molar-refractivity contribution >= 4 is 5.91 Å². The van der Waals surface area contributed by atoms with Crippen LogP contribution in [0.5, 0.6) is 5.75 Å². The van der Waals surface area contributed by atoms with Crippen molar-refractivity contribution in [1.29, 1.82) is 0 Å². The summed E-state index contributed by atoms with van der Waals surface area (Å²) in [6.45, 7) is 5.70. The molecule has 4 nitrogen and oxygen atoms in total. The Hall–Kier alpha value is -1.55. The third-order valence-electron chi connectivity index (χ3n) is 2.95. The number of aliphatic hydroxyl groups excluding tert-OH is 1. The second kappa shape index (κ2) is 3.74. The van der Waals surface area contributed by atoms with E-state index in [4.69, 9.17) is 4.74 Å². The fraction of sp³-hybridized carbons (Fsp3) is 0.462. The van der Waals surface area contributed by atoms with Gasteiger partial charge in [0.15, 0.2) is 6.23 Å². The van der Waals surface area contributed by atoms with Crippen LogP contribution in [0.3, 0.4) is 0 Å². The quantitative estimate of drug-likeness (QED) is 0.809. The standard InChI is InChI=1S/C13H17NO3/c1-13(2,3)14-11(15)9-6-5-8(17-4)7-10(9)12(14)16/h5-7,12,16H,1-4H3. The molecule has 0 saturated heterocycles. The molecule has 1 aliphatic rings. The van der Waals surface area contributed by atoms with E-state index in [1.54, 1.807) is 25.3 Å². The molecule has 0 saturated carbocycles. The third-order valence-corrected chi connectivity index (χ3v) is 2.95. The lowest BCUT2D eigenvalue weighted by Gasteiger charge is -2.34. The van der Waals surface area contributed by atoms with E-state index in [1.807, 2.05) is 20.8 Å². The summed E-state index contributed by atoms with van der Waals surface area (Å²) in [7, 11) is 1.56. The summed E-state index contributed by atoms with van der Waals surface area (Å²) < 4.78 is 5.10. The summed E-state index contributed by atoms with van der Waals surface area (Å²) >= 11 is 0. The normalized spacial score (nSPS) is 19.5. The van der Waals surface area contributed by atoms with Gasteiger partial charge in [-0.3, -0.25) is 4.79 Å². The molecule has 0 radical (unpaired) electrons. The average molecular weight is 235 g/mol. The van der Waals surface area contributed by atoms with Crippen molar-refractivity contribution in [3.8, 4) is 5.75 Å². The lowest BCUT2D eigenvalue weighted by Crippen LogP contribution is -2.43. The molecule has 1 atom stereocenters. The van der Waals surface area contributed by atoms with Crippen molar-refractivity contribution in [3.05, 3.63) is 29.3 Å². The predicted molar refractivity (Wildman–Crippen MR) is 63.9 cm³/mol. The fourth-order valence-electron chi connectivity index (χ4n) is 2.13. The maximum absolute atomic E-state index is 12.2. The highest BCUT2D eigenvalue weighted by Crippen LogP contribution is 2.38.